The molecule has 1 N–H and O–H groups in total. The van der Waals surface area contributed by atoms with Crippen LogP contribution in [0.3, 0.4) is 0 Å². The van der Waals surface area contributed by atoms with Crippen molar-refractivity contribution in [1.82, 2.24) is 4.90 Å². The minimum atomic E-state index is -3.64. The third-order valence-electron chi connectivity index (χ3n) is 4.23. The number of β-lactam (4-membered cyclic amide) rings is 1. The lowest BCUT2D eigenvalue weighted by Gasteiger charge is -2.36. The van der Waals surface area contributed by atoms with Crippen molar-refractivity contribution in [2.75, 3.05) is 0 Å². The number of ether oxygens (including phenoxy) is 1. The summed E-state index contributed by atoms with van der Waals surface area (Å²) >= 11 is 0. The molecule has 0 aromatic heterocycles. The van der Waals surface area contributed by atoms with Crippen LogP contribution in [0.1, 0.15) is 20.3 Å². The Kier molecular flexibility index (Phi) is 3.00. The summed E-state index contributed by atoms with van der Waals surface area (Å²) < 4.78 is 28.5. The normalized spacial score (nSPS) is 27.9. The van der Waals surface area contributed by atoms with Gasteiger partial charge in [0.15, 0.2) is 15.9 Å². The van der Waals surface area contributed by atoms with Crippen LogP contribution in [0.4, 0.5) is 0 Å². The van der Waals surface area contributed by atoms with E-state index in [4.69, 9.17) is 4.74 Å². The maximum Gasteiger partial charge on any atom is 0.335 e. The van der Waals surface area contributed by atoms with Crippen LogP contribution >= 0.6 is 0 Å². The quantitative estimate of drug-likeness (QED) is 0.481. The van der Waals surface area contributed by atoms with Crippen LogP contribution in [0.15, 0.2) is 24.3 Å². The fourth-order valence-electron chi connectivity index (χ4n) is 2.93. The highest BCUT2D eigenvalue weighted by Gasteiger charge is 2.68. The maximum absolute atomic E-state index is 12.4. The van der Waals surface area contributed by atoms with Gasteiger partial charge in [0.05, 0.1) is 11.2 Å². The Balaban J connectivity index is 1.93. The van der Waals surface area contributed by atoms with E-state index in [2.05, 4.69) is 0 Å². The lowest BCUT2D eigenvalue weighted by Crippen LogP contribution is -2.58. The zero-order chi connectivity index (χ0) is 16.3. The van der Waals surface area contributed by atoms with Crippen LogP contribution in [0.25, 0.3) is 0 Å². The monoisotopic (exact) mass is 325 g/mol. The van der Waals surface area contributed by atoms with Crippen molar-refractivity contribution >= 4 is 21.7 Å². The number of carbonyl (C=O) groups excluding carboxylic acids is 2. The molecule has 7 nitrogen and oxygen atoms in total. The van der Waals surface area contributed by atoms with E-state index < -0.39 is 32.0 Å². The van der Waals surface area contributed by atoms with Crippen LogP contribution in [0.2, 0.25) is 0 Å². The second kappa shape index (κ2) is 4.45. The molecule has 0 spiro atoms. The van der Waals surface area contributed by atoms with E-state index in [0.29, 0.717) is 0 Å². The zero-order valence-corrected chi connectivity index (χ0v) is 12.8. The molecule has 3 rings (SSSR count). The number of aromatic hydroxyl groups is 1. The molecule has 8 heteroatoms. The molecule has 2 aliphatic heterocycles. The van der Waals surface area contributed by atoms with Crippen molar-refractivity contribution in [3.8, 4) is 11.5 Å². The van der Waals surface area contributed by atoms with Crippen LogP contribution in [-0.4, -0.2) is 46.5 Å². The average Bonchev–Trinajstić information content (AvgIpc) is 2.52. The van der Waals surface area contributed by atoms with Crippen molar-refractivity contribution in [3.63, 3.8) is 0 Å². The van der Waals surface area contributed by atoms with Crippen LogP contribution in [-0.2, 0) is 19.4 Å². The number of amides is 1. The van der Waals surface area contributed by atoms with Gasteiger partial charge in [-0.2, -0.15) is 0 Å². The molecule has 0 bridgehead atoms. The summed E-state index contributed by atoms with van der Waals surface area (Å²) in [5, 5.41) is 8.43. The number of hydrogen-bond acceptors (Lipinski definition) is 6. The number of rotatable bonds is 2. The molecule has 2 fully saturated rings. The fourth-order valence-corrected chi connectivity index (χ4v) is 5.05. The molecule has 2 heterocycles. The molecule has 0 saturated carbocycles. The molecule has 2 atom stereocenters. The molecule has 1 amide bonds. The van der Waals surface area contributed by atoms with Gasteiger partial charge in [-0.15, -0.1) is 0 Å². The minimum absolute atomic E-state index is 0.0819. The summed E-state index contributed by atoms with van der Waals surface area (Å²) in [6.07, 6.45) is -0.0956. The third kappa shape index (κ3) is 1.83. The summed E-state index contributed by atoms with van der Waals surface area (Å²) in [5.74, 6) is -1.19. The molecule has 2 saturated heterocycles. The topological polar surface area (TPSA) is 101 Å². The van der Waals surface area contributed by atoms with E-state index in [1.807, 2.05) is 0 Å². The standard InChI is InChI=1S/C14H15NO6S/c1-14(2)12(15-10(17)7-11(15)22(14,19)20)13(18)21-9-5-3-4-8(16)6-9/h3-6,11-12,16H,7H2,1-2H3/t11-,12+/m1/s1. The molecule has 2 aliphatic rings. The van der Waals surface area contributed by atoms with Crippen LogP contribution in [0, 0.1) is 0 Å². The molecule has 0 radical (unpaired) electrons. The van der Waals surface area contributed by atoms with Gasteiger partial charge in [-0.3, -0.25) is 4.79 Å². The summed E-state index contributed by atoms with van der Waals surface area (Å²) in [5.41, 5.74) is 0. The van der Waals surface area contributed by atoms with Gasteiger partial charge in [-0.1, -0.05) is 6.07 Å². The predicted octanol–water partition coefficient (Wildman–Crippen LogP) is 0.432. The number of benzene rings is 1. The van der Waals surface area contributed by atoms with E-state index in [-0.39, 0.29) is 23.8 Å². The maximum atomic E-state index is 12.4. The Bertz CT molecular complexity index is 769. The first-order valence-corrected chi connectivity index (χ1v) is 8.26. The summed E-state index contributed by atoms with van der Waals surface area (Å²) in [7, 11) is -3.64. The van der Waals surface area contributed by atoms with Crippen molar-refractivity contribution < 1.29 is 27.9 Å². The lowest BCUT2D eigenvalue weighted by atomic mass is 9.98. The van der Waals surface area contributed by atoms with Crippen LogP contribution in [0.5, 0.6) is 11.5 Å². The van der Waals surface area contributed by atoms with Gasteiger partial charge in [0.2, 0.25) is 5.91 Å². The number of carbonyl (C=O) groups is 2. The van der Waals surface area contributed by atoms with Crippen molar-refractivity contribution in [2.24, 2.45) is 0 Å². The molecule has 0 aliphatic carbocycles. The number of fused-ring (bicyclic) bond motifs is 1. The molecule has 118 valence electrons. The van der Waals surface area contributed by atoms with Gasteiger partial charge in [-0.05, 0) is 26.0 Å². The van der Waals surface area contributed by atoms with Gasteiger partial charge in [0.25, 0.3) is 0 Å². The average molecular weight is 325 g/mol. The molecular formula is C14H15NO6S. The lowest BCUT2D eigenvalue weighted by molar-refractivity contribution is -0.155. The zero-order valence-electron chi connectivity index (χ0n) is 12.0. The highest BCUT2D eigenvalue weighted by atomic mass is 32.2. The number of phenols is 1. The van der Waals surface area contributed by atoms with Gasteiger partial charge < -0.3 is 14.7 Å². The molecule has 1 aromatic carbocycles. The number of nitrogens with zero attached hydrogens (tertiary/aromatic N) is 1. The smallest absolute Gasteiger partial charge is 0.335 e. The highest BCUT2D eigenvalue weighted by molar-refractivity contribution is 7.93. The Morgan fingerprint density at radius 3 is 2.68 bits per heavy atom. The number of phenolic OH excluding ortho intramolecular Hbond substituents is 1. The minimum Gasteiger partial charge on any atom is -0.508 e. The molecule has 1 aromatic rings. The molecule has 0 unspecified atom stereocenters. The Hall–Kier alpha value is -2.09. The summed E-state index contributed by atoms with van der Waals surface area (Å²) in [6.45, 7) is 2.84. The Morgan fingerprint density at radius 1 is 1.41 bits per heavy atom. The number of hydrogen-bond donors (Lipinski definition) is 1. The largest absolute Gasteiger partial charge is 0.508 e. The highest BCUT2D eigenvalue weighted by Crippen LogP contribution is 2.46. The first kappa shape index (κ1) is 14.8. The van der Waals surface area contributed by atoms with Gasteiger partial charge >= 0.3 is 5.97 Å². The Labute approximate surface area is 127 Å². The predicted molar refractivity (Wildman–Crippen MR) is 75.8 cm³/mol. The first-order valence-electron chi connectivity index (χ1n) is 6.71. The second-order valence-electron chi connectivity index (χ2n) is 5.93. The Morgan fingerprint density at radius 2 is 2.09 bits per heavy atom. The van der Waals surface area contributed by atoms with E-state index in [1.54, 1.807) is 0 Å². The van der Waals surface area contributed by atoms with Gasteiger partial charge in [0.1, 0.15) is 16.9 Å². The summed E-state index contributed by atoms with van der Waals surface area (Å²) in [6, 6.07) is 4.42. The van der Waals surface area contributed by atoms with Crippen LogP contribution < -0.4 is 4.74 Å². The number of sulfone groups is 1. The van der Waals surface area contributed by atoms with Crippen molar-refractivity contribution in [2.45, 2.75) is 36.4 Å². The van der Waals surface area contributed by atoms with Crippen molar-refractivity contribution in [1.29, 1.82) is 0 Å². The summed E-state index contributed by atoms with van der Waals surface area (Å²) in [4.78, 5) is 25.2. The molecular weight excluding hydrogens is 310 g/mol. The fraction of sp³-hybridized carbons (Fsp3) is 0.429. The van der Waals surface area contributed by atoms with Gasteiger partial charge in [0, 0.05) is 6.07 Å². The van der Waals surface area contributed by atoms with E-state index >= 15 is 0 Å². The van der Waals surface area contributed by atoms with Gasteiger partial charge in [-0.25, -0.2) is 13.2 Å². The number of esters is 1. The SMILES string of the molecule is CC1(C)[C@H](C(=O)Oc2cccc(O)c2)N2C(=O)C[C@H]2S1(=O)=O. The first-order chi connectivity index (χ1) is 10.2. The van der Waals surface area contributed by atoms with E-state index in [9.17, 15) is 23.1 Å². The molecule has 22 heavy (non-hydrogen) atoms. The van der Waals surface area contributed by atoms with E-state index in [1.165, 1.54) is 38.1 Å². The second-order valence-corrected chi connectivity index (χ2v) is 8.62. The van der Waals surface area contributed by atoms with E-state index in [0.717, 1.165) is 4.90 Å². The third-order valence-corrected chi connectivity index (χ3v) is 7.04. The van der Waals surface area contributed by atoms with Crippen molar-refractivity contribution in [3.05, 3.63) is 24.3 Å².